The number of halogens is 1. The Morgan fingerprint density at radius 1 is 1.29 bits per heavy atom. The fourth-order valence-electron chi connectivity index (χ4n) is 4.96. The minimum Gasteiger partial charge on any atom is -0.390 e. The minimum absolute atomic E-state index is 0.0144. The van der Waals surface area contributed by atoms with E-state index < -0.39 is 31.3 Å². The summed E-state index contributed by atoms with van der Waals surface area (Å²) in [5.41, 5.74) is 6.13. The molecule has 4 rings (SSSR count). The fraction of sp³-hybridized carbons (Fsp3) is 0.737. The van der Waals surface area contributed by atoms with Crippen molar-refractivity contribution in [3.05, 3.63) is 11.6 Å². The molecule has 0 aliphatic heterocycles. The van der Waals surface area contributed by atoms with Gasteiger partial charge in [0.1, 0.15) is 11.6 Å². The molecule has 2 saturated carbocycles. The zero-order chi connectivity index (χ0) is 22.7. The van der Waals surface area contributed by atoms with Crippen molar-refractivity contribution in [2.75, 3.05) is 11.9 Å². The van der Waals surface area contributed by atoms with Crippen LogP contribution in [0.4, 0.5) is 5.82 Å². The number of imidazole rings is 1. The molecule has 10 nitrogen and oxygen atoms in total. The second-order valence-electron chi connectivity index (χ2n) is 9.06. The number of hydrogen-bond donors (Lipinski definition) is 3. The Hall–Kier alpha value is -1.29. The van der Waals surface area contributed by atoms with Gasteiger partial charge in [-0.05, 0) is 58.1 Å². The maximum absolute atomic E-state index is 13.3. The second kappa shape index (κ2) is 7.93. The Kier molecular flexibility index (Phi) is 5.86. The van der Waals surface area contributed by atoms with Gasteiger partial charge in [0.05, 0.1) is 36.8 Å². The van der Waals surface area contributed by atoms with Crippen molar-refractivity contribution in [1.29, 1.82) is 0 Å². The van der Waals surface area contributed by atoms with Gasteiger partial charge >= 0.3 is 7.60 Å². The Labute approximate surface area is 185 Å². The lowest BCUT2D eigenvalue weighted by Crippen LogP contribution is -2.34. The van der Waals surface area contributed by atoms with Crippen LogP contribution in [0.1, 0.15) is 46.6 Å². The summed E-state index contributed by atoms with van der Waals surface area (Å²) in [6, 6.07) is -0.457. The van der Waals surface area contributed by atoms with Gasteiger partial charge in [-0.2, -0.15) is 9.97 Å². The van der Waals surface area contributed by atoms with Crippen LogP contribution in [0, 0.1) is 11.3 Å². The summed E-state index contributed by atoms with van der Waals surface area (Å²) in [5.74, 6) is 0.109. The summed E-state index contributed by atoms with van der Waals surface area (Å²) in [5, 5.41) is 21.8. The lowest BCUT2D eigenvalue weighted by atomic mass is 9.96. The molecule has 2 heterocycles. The molecule has 0 spiro atoms. The summed E-state index contributed by atoms with van der Waals surface area (Å²) in [6.45, 7) is 7.23. The van der Waals surface area contributed by atoms with Gasteiger partial charge in [0.2, 0.25) is 5.28 Å². The smallest absolute Gasteiger partial charge is 0.331 e. The molecular formula is C19H29ClN5O5P. The number of aliphatic hydroxyl groups is 2. The van der Waals surface area contributed by atoms with Crippen molar-refractivity contribution < 1.29 is 23.8 Å². The molecule has 31 heavy (non-hydrogen) atoms. The molecular weight excluding hydrogens is 445 g/mol. The average Bonchev–Trinajstić information content (AvgIpc) is 3.15. The molecule has 2 aliphatic rings. The van der Waals surface area contributed by atoms with E-state index in [9.17, 15) is 14.8 Å². The number of aromatic nitrogens is 4. The number of aliphatic hydroxyl groups excluding tert-OH is 2. The van der Waals surface area contributed by atoms with Crippen molar-refractivity contribution in [1.82, 2.24) is 19.5 Å². The molecule has 172 valence electrons. The first kappa shape index (κ1) is 22.9. The third kappa shape index (κ3) is 3.98. The Morgan fingerprint density at radius 2 is 1.94 bits per heavy atom. The quantitative estimate of drug-likeness (QED) is 0.389. The fourth-order valence-corrected chi connectivity index (χ4v) is 7.36. The Bertz CT molecular complexity index is 1020. The predicted molar refractivity (Wildman–Crippen MR) is 116 cm³/mol. The number of fused-ring (bicyclic) bond motifs is 2. The molecule has 4 N–H and O–H groups in total. The molecule has 2 fully saturated rings. The normalized spacial score (nSPS) is 30.5. The number of hydrogen-bond acceptors (Lipinski definition) is 9. The summed E-state index contributed by atoms with van der Waals surface area (Å²) < 4.78 is 26.3. The van der Waals surface area contributed by atoms with Gasteiger partial charge in [-0.15, -0.1) is 0 Å². The largest absolute Gasteiger partial charge is 0.390 e. The molecule has 0 aromatic carbocycles. The van der Waals surface area contributed by atoms with Crippen LogP contribution in [0.2, 0.25) is 5.28 Å². The van der Waals surface area contributed by atoms with Gasteiger partial charge in [0, 0.05) is 5.41 Å². The number of nitrogens with zero attached hydrogens (tertiary/aromatic N) is 4. The number of nitrogens with two attached hydrogens (primary N) is 1. The van der Waals surface area contributed by atoms with E-state index in [1.807, 2.05) is 27.7 Å². The molecule has 2 aliphatic carbocycles. The third-order valence-electron chi connectivity index (χ3n) is 6.19. The van der Waals surface area contributed by atoms with E-state index in [-0.39, 0.29) is 35.4 Å². The highest BCUT2D eigenvalue weighted by atomic mass is 35.5. The predicted octanol–water partition coefficient (Wildman–Crippen LogP) is 2.78. The van der Waals surface area contributed by atoms with E-state index in [1.165, 1.54) is 6.33 Å². The van der Waals surface area contributed by atoms with E-state index >= 15 is 0 Å². The van der Waals surface area contributed by atoms with Crippen LogP contribution in [-0.2, 0) is 13.6 Å². The van der Waals surface area contributed by atoms with Gasteiger partial charge in [-0.3, -0.25) is 4.57 Å². The zero-order valence-corrected chi connectivity index (χ0v) is 19.6. The van der Waals surface area contributed by atoms with Gasteiger partial charge in [-0.25, -0.2) is 4.98 Å². The van der Waals surface area contributed by atoms with Crippen molar-refractivity contribution in [2.24, 2.45) is 11.3 Å². The standard InChI is InChI=1S/C19H29ClN5O5P/c1-9(2)29-31(28,30-10(3)4)6-5-19-7-11(19)13(14(26)15(19)27)25-8-22-12-16(21)23-18(20)24-17(12)25/h8-11,13-15,26-27H,5-7H2,1-4H3,(H2,21,23,24)/t11-,13-,14+,15+,19-/m1/s1. The van der Waals surface area contributed by atoms with Crippen LogP contribution in [0.25, 0.3) is 11.2 Å². The van der Waals surface area contributed by atoms with E-state index in [0.717, 1.165) is 0 Å². The van der Waals surface area contributed by atoms with Crippen LogP contribution in [0.15, 0.2) is 6.33 Å². The van der Waals surface area contributed by atoms with Crippen molar-refractivity contribution in [3.63, 3.8) is 0 Å². The summed E-state index contributed by atoms with van der Waals surface area (Å²) in [6.07, 6.45) is 0.259. The molecule has 0 amide bonds. The zero-order valence-electron chi connectivity index (χ0n) is 18.0. The van der Waals surface area contributed by atoms with Gasteiger partial charge in [-0.1, -0.05) is 0 Å². The maximum atomic E-state index is 13.3. The Balaban J connectivity index is 1.59. The maximum Gasteiger partial charge on any atom is 0.331 e. The van der Waals surface area contributed by atoms with Crippen molar-refractivity contribution in [3.8, 4) is 0 Å². The molecule has 2 aromatic heterocycles. The lowest BCUT2D eigenvalue weighted by molar-refractivity contribution is -0.0185. The topological polar surface area (TPSA) is 146 Å². The molecule has 2 aromatic rings. The lowest BCUT2D eigenvalue weighted by Gasteiger charge is -2.27. The minimum atomic E-state index is -3.34. The summed E-state index contributed by atoms with van der Waals surface area (Å²) in [4.78, 5) is 12.4. The second-order valence-corrected chi connectivity index (χ2v) is 11.5. The van der Waals surface area contributed by atoms with E-state index in [2.05, 4.69) is 15.0 Å². The third-order valence-corrected chi connectivity index (χ3v) is 8.62. The van der Waals surface area contributed by atoms with E-state index in [1.54, 1.807) is 4.57 Å². The number of anilines is 1. The Morgan fingerprint density at radius 3 is 2.55 bits per heavy atom. The first-order chi connectivity index (χ1) is 14.5. The van der Waals surface area contributed by atoms with Crippen LogP contribution in [-0.4, -0.2) is 60.3 Å². The molecule has 0 unspecified atom stereocenters. The van der Waals surface area contributed by atoms with Crippen LogP contribution >= 0.6 is 19.2 Å². The molecule has 5 atom stereocenters. The monoisotopic (exact) mass is 473 g/mol. The molecule has 0 bridgehead atoms. The first-order valence-electron chi connectivity index (χ1n) is 10.4. The van der Waals surface area contributed by atoms with E-state index in [4.69, 9.17) is 26.4 Å². The molecule has 0 saturated heterocycles. The van der Waals surface area contributed by atoms with Gasteiger partial charge < -0.3 is 29.6 Å². The highest BCUT2D eigenvalue weighted by Gasteiger charge is 2.71. The molecule has 0 radical (unpaired) electrons. The summed E-state index contributed by atoms with van der Waals surface area (Å²) >= 11 is 5.97. The number of rotatable bonds is 8. The van der Waals surface area contributed by atoms with Crippen LogP contribution < -0.4 is 5.73 Å². The van der Waals surface area contributed by atoms with Crippen LogP contribution in [0.3, 0.4) is 0 Å². The van der Waals surface area contributed by atoms with Crippen LogP contribution in [0.5, 0.6) is 0 Å². The van der Waals surface area contributed by atoms with Crippen molar-refractivity contribution in [2.45, 2.75) is 71.0 Å². The average molecular weight is 474 g/mol. The molecule has 12 heteroatoms. The van der Waals surface area contributed by atoms with Crippen molar-refractivity contribution >= 4 is 36.2 Å². The van der Waals surface area contributed by atoms with Gasteiger partial charge in [0.25, 0.3) is 0 Å². The summed E-state index contributed by atoms with van der Waals surface area (Å²) in [7, 11) is -3.34. The highest BCUT2D eigenvalue weighted by molar-refractivity contribution is 7.53. The number of nitrogen functional groups attached to an aromatic ring is 1. The first-order valence-corrected chi connectivity index (χ1v) is 12.6. The highest BCUT2D eigenvalue weighted by Crippen LogP contribution is 2.71. The SMILES string of the molecule is CC(C)OP(=O)(CC[C@@]12C[C@@H]1[C@@H](n1cnc3c(N)nc(Cl)nc31)[C@H](O)[C@@H]2O)OC(C)C. The van der Waals surface area contributed by atoms with Gasteiger partial charge in [0.15, 0.2) is 11.5 Å². The van der Waals surface area contributed by atoms with E-state index in [0.29, 0.717) is 24.0 Å².